The summed E-state index contributed by atoms with van der Waals surface area (Å²) < 4.78 is 1.11. The molecule has 60 valence electrons. The van der Waals surface area contributed by atoms with Crippen LogP contribution in [0.4, 0.5) is 0 Å². The third kappa shape index (κ3) is 2.24. The van der Waals surface area contributed by atoms with E-state index in [4.69, 9.17) is 11.0 Å². The third-order valence-electron chi connectivity index (χ3n) is 1.38. The number of benzene rings is 1. The molecule has 0 aliphatic carbocycles. The van der Waals surface area contributed by atoms with E-state index >= 15 is 0 Å². The minimum Gasteiger partial charge on any atom is -0.398 e. The first-order valence-electron chi connectivity index (χ1n) is 3.35. The van der Waals surface area contributed by atoms with Gasteiger partial charge < -0.3 is 5.73 Å². The fraction of sp³-hybridized carbons (Fsp3) is 0. The van der Waals surface area contributed by atoms with E-state index in [0.29, 0.717) is 5.70 Å². The molecule has 0 fully saturated rings. The lowest BCUT2D eigenvalue weighted by atomic mass is 10.1. The van der Waals surface area contributed by atoms with Crippen LogP contribution < -0.4 is 5.73 Å². The average molecular weight is 270 g/mol. The number of hydrogen-bond acceptors (Lipinski definition) is 2. The van der Waals surface area contributed by atoms with Gasteiger partial charge in [0.05, 0.1) is 6.07 Å². The van der Waals surface area contributed by atoms with Crippen LogP contribution in [0.5, 0.6) is 0 Å². The molecule has 0 heterocycles. The highest BCUT2D eigenvalue weighted by atomic mass is 127. The van der Waals surface area contributed by atoms with Gasteiger partial charge in [-0.3, -0.25) is 0 Å². The van der Waals surface area contributed by atoms with Gasteiger partial charge in [-0.15, -0.1) is 0 Å². The minimum absolute atomic E-state index is 0.510. The van der Waals surface area contributed by atoms with Gasteiger partial charge in [0.25, 0.3) is 0 Å². The first-order chi connectivity index (χ1) is 5.74. The van der Waals surface area contributed by atoms with Gasteiger partial charge >= 0.3 is 0 Å². The van der Waals surface area contributed by atoms with Crippen molar-refractivity contribution >= 4 is 28.3 Å². The maximum Gasteiger partial charge on any atom is 0.0933 e. The van der Waals surface area contributed by atoms with Crippen LogP contribution in [0, 0.1) is 14.9 Å². The summed E-state index contributed by atoms with van der Waals surface area (Å²) in [5, 5.41) is 8.36. The second-order valence-corrected chi connectivity index (χ2v) is 3.48. The zero-order chi connectivity index (χ0) is 8.97. The summed E-state index contributed by atoms with van der Waals surface area (Å²) in [5.41, 5.74) is 7.01. The number of allylic oxidation sites excluding steroid dienone is 1. The van der Waals surface area contributed by atoms with Crippen molar-refractivity contribution in [1.82, 2.24) is 0 Å². The molecule has 0 aliphatic heterocycles. The van der Waals surface area contributed by atoms with Crippen LogP contribution in [-0.4, -0.2) is 0 Å². The Labute approximate surface area is 84.8 Å². The lowest BCUT2D eigenvalue weighted by Crippen LogP contribution is -1.95. The predicted octanol–water partition coefficient (Wildman–Crippen LogP) is 2.11. The Balaban J connectivity index is 3.05. The van der Waals surface area contributed by atoms with Gasteiger partial charge in [0.1, 0.15) is 0 Å². The summed E-state index contributed by atoms with van der Waals surface area (Å²) in [5.74, 6) is 0. The van der Waals surface area contributed by atoms with E-state index in [1.54, 1.807) is 0 Å². The molecule has 0 aromatic heterocycles. The minimum atomic E-state index is 0.510. The van der Waals surface area contributed by atoms with Crippen molar-refractivity contribution in [3.05, 3.63) is 39.5 Å². The second-order valence-electron chi connectivity index (χ2n) is 2.24. The lowest BCUT2D eigenvalue weighted by molar-refractivity contribution is 1.48. The molecule has 0 spiro atoms. The number of nitrogens with two attached hydrogens (primary N) is 1. The molecular weight excluding hydrogens is 263 g/mol. The summed E-state index contributed by atoms with van der Waals surface area (Å²) in [4.78, 5) is 0. The molecule has 0 atom stereocenters. The van der Waals surface area contributed by atoms with Crippen molar-refractivity contribution in [3.8, 4) is 6.07 Å². The number of halogens is 1. The molecule has 12 heavy (non-hydrogen) atoms. The summed E-state index contributed by atoms with van der Waals surface area (Å²) >= 11 is 2.20. The van der Waals surface area contributed by atoms with E-state index in [2.05, 4.69) is 22.6 Å². The Kier molecular flexibility index (Phi) is 3.11. The predicted molar refractivity (Wildman–Crippen MR) is 56.9 cm³/mol. The number of rotatable bonds is 1. The van der Waals surface area contributed by atoms with Crippen LogP contribution in [-0.2, 0) is 0 Å². The Bertz CT molecular complexity index is 350. The van der Waals surface area contributed by atoms with Gasteiger partial charge in [-0.2, -0.15) is 5.26 Å². The van der Waals surface area contributed by atoms with Gasteiger partial charge in [0, 0.05) is 15.3 Å². The van der Waals surface area contributed by atoms with Gasteiger partial charge in [0.2, 0.25) is 0 Å². The lowest BCUT2D eigenvalue weighted by Gasteiger charge is -1.99. The Hall–Kier alpha value is -1.02. The number of nitriles is 1. The third-order valence-corrected chi connectivity index (χ3v) is 2.05. The molecule has 0 unspecified atom stereocenters. The quantitative estimate of drug-likeness (QED) is 0.627. The fourth-order valence-corrected chi connectivity index (χ4v) is 1.36. The monoisotopic (exact) mass is 270 g/mol. The van der Waals surface area contributed by atoms with Crippen molar-refractivity contribution in [2.75, 3.05) is 0 Å². The molecule has 0 aliphatic rings. The molecule has 1 aromatic rings. The summed E-state index contributed by atoms with van der Waals surface area (Å²) in [6, 6.07) is 9.60. The summed E-state index contributed by atoms with van der Waals surface area (Å²) in [7, 11) is 0. The highest BCUT2D eigenvalue weighted by molar-refractivity contribution is 14.1. The van der Waals surface area contributed by atoms with E-state index < -0.39 is 0 Å². The van der Waals surface area contributed by atoms with E-state index in [-0.39, 0.29) is 0 Å². The topological polar surface area (TPSA) is 49.8 Å². The van der Waals surface area contributed by atoms with Crippen LogP contribution in [0.3, 0.4) is 0 Å². The van der Waals surface area contributed by atoms with Crippen molar-refractivity contribution in [1.29, 1.82) is 5.26 Å². The molecule has 0 saturated heterocycles. The van der Waals surface area contributed by atoms with Crippen molar-refractivity contribution in [2.24, 2.45) is 5.73 Å². The average Bonchev–Trinajstić information content (AvgIpc) is 2.05. The smallest absolute Gasteiger partial charge is 0.0933 e. The van der Waals surface area contributed by atoms with E-state index in [9.17, 15) is 0 Å². The van der Waals surface area contributed by atoms with Crippen LogP contribution in [0.1, 0.15) is 5.56 Å². The molecule has 0 amide bonds. The fourth-order valence-electron chi connectivity index (χ4n) is 0.821. The maximum absolute atomic E-state index is 8.36. The molecule has 1 aromatic carbocycles. The first kappa shape index (κ1) is 9.07. The van der Waals surface area contributed by atoms with Crippen molar-refractivity contribution in [3.63, 3.8) is 0 Å². The van der Waals surface area contributed by atoms with Crippen LogP contribution in [0.15, 0.2) is 30.3 Å². The highest BCUT2D eigenvalue weighted by Crippen LogP contribution is 2.12. The number of hydrogen-bond donors (Lipinski definition) is 1. The Morgan fingerprint density at radius 1 is 1.58 bits per heavy atom. The Morgan fingerprint density at radius 2 is 2.33 bits per heavy atom. The van der Waals surface area contributed by atoms with Gasteiger partial charge in [-0.05, 0) is 40.3 Å². The molecule has 0 bridgehead atoms. The van der Waals surface area contributed by atoms with Gasteiger partial charge in [0.15, 0.2) is 0 Å². The maximum atomic E-state index is 8.36. The summed E-state index contributed by atoms with van der Waals surface area (Å²) in [6.07, 6.45) is 1.34. The number of nitrogens with zero attached hydrogens (tertiary/aromatic N) is 1. The molecule has 0 radical (unpaired) electrons. The van der Waals surface area contributed by atoms with Crippen molar-refractivity contribution < 1.29 is 0 Å². The van der Waals surface area contributed by atoms with Crippen LogP contribution in [0.25, 0.3) is 5.70 Å². The second kappa shape index (κ2) is 4.12. The van der Waals surface area contributed by atoms with Crippen LogP contribution in [0.2, 0.25) is 0 Å². The largest absolute Gasteiger partial charge is 0.398 e. The normalized spacial score (nSPS) is 10.8. The van der Waals surface area contributed by atoms with Crippen molar-refractivity contribution in [2.45, 2.75) is 0 Å². The molecule has 2 nitrogen and oxygen atoms in total. The highest BCUT2D eigenvalue weighted by Gasteiger charge is 1.95. The standard InChI is InChI=1S/C9H7IN2/c10-8-3-1-2-7(6-8)9(12)4-5-11/h1-4,6H,12H2/b9-4+. The zero-order valence-electron chi connectivity index (χ0n) is 6.29. The molecule has 1 rings (SSSR count). The summed E-state index contributed by atoms with van der Waals surface area (Å²) in [6.45, 7) is 0. The van der Waals surface area contributed by atoms with Crippen LogP contribution >= 0.6 is 22.6 Å². The molecular formula is C9H7IN2. The van der Waals surface area contributed by atoms with E-state index in [0.717, 1.165) is 9.13 Å². The SMILES string of the molecule is N#C/C=C(/N)c1cccc(I)c1. The first-order valence-corrected chi connectivity index (χ1v) is 4.43. The van der Waals surface area contributed by atoms with E-state index in [1.807, 2.05) is 30.3 Å². The van der Waals surface area contributed by atoms with Gasteiger partial charge in [-0.25, -0.2) is 0 Å². The van der Waals surface area contributed by atoms with Gasteiger partial charge in [-0.1, -0.05) is 12.1 Å². The molecule has 2 N–H and O–H groups in total. The Morgan fingerprint density at radius 3 is 2.92 bits per heavy atom. The zero-order valence-corrected chi connectivity index (χ0v) is 8.45. The van der Waals surface area contributed by atoms with E-state index in [1.165, 1.54) is 6.08 Å². The molecule has 0 saturated carbocycles. The molecule has 3 heteroatoms.